The van der Waals surface area contributed by atoms with E-state index in [-0.39, 0.29) is 5.41 Å². The highest BCUT2D eigenvalue weighted by Crippen LogP contribution is 2.18. The predicted molar refractivity (Wildman–Crippen MR) is 82.5 cm³/mol. The molecule has 0 atom stereocenters. The summed E-state index contributed by atoms with van der Waals surface area (Å²) < 4.78 is 0. The fourth-order valence-corrected chi connectivity index (χ4v) is 1.23. The highest BCUT2D eigenvalue weighted by molar-refractivity contribution is 5.70. The van der Waals surface area contributed by atoms with Gasteiger partial charge in [-0.25, -0.2) is 0 Å². The van der Waals surface area contributed by atoms with Crippen LogP contribution in [-0.4, -0.2) is 12.4 Å². The highest BCUT2D eigenvalue weighted by atomic mass is 14.7. The molecule has 2 nitrogen and oxygen atoms in total. The van der Waals surface area contributed by atoms with Crippen molar-refractivity contribution in [1.82, 2.24) is 0 Å². The maximum absolute atomic E-state index is 6.83. The zero-order valence-corrected chi connectivity index (χ0v) is 11.9. The van der Waals surface area contributed by atoms with E-state index in [1.165, 1.54) is 6.21 Å². The normalized spacial score (nSPS) is 17.2. The fraction of sp³-hybridized carbons (Fsp3) is 0.375. The van der Waals surface area contributed by atoms with Gasteiger partial charge in [0.25, 0.3) is 0 Å². The first-order chi connectivity index (χ1) is 8.64. The van der Waals surface area contributed by atoms with Crippen molar-refractivity contribution in [3.8, 4) is 0 Å². The molecule has 1 heterocycles. The van der Waals surface area contributed by atoms with Gasteiger partial charge in [-0.3, -0.25) is 4.99 Å². The Labute approximate surface area is 111 Å². The Kier molecular flexibility index (Phi) is 8.46. The molecule has 0 saturated heterocycles. The van der Waals surface area contributed by atoms with Crippen LogP contribution in [-0.2, 0) is 0 Å². The summed E-state index contributed by atoms with van der Waals surface area (Å²) in [6.07, 6.45) is 17.9. The van der Waals surface area contributed by atoms with Gasteiger partial charge in [0.2, 0.25) is 0 Å². The van der Waals surface area contributed by atoms with Crippen LogP contribution in [0.15, 0.2) is 53.2 Å². The number of nitrogens with zero attached hydrogens (tertiary/aromatic N) is 1. The van der Waals surface area contributed by atoms with Crippen LogP contribution in [0.1, 0.15) is 34.1 Å². The Hall–Kier alpha value is -1.70. The van der Waals surface area contributed by atoms with Crippen LogP contribution in [0.4, 0.5) is 0 Å². The monoisotopic (exact) mass is 244 g/mol. The van der Waals surface area contributed by atoms with Crippen LogP contribution in [0.2, 0.25) is 0 Å². The zero-order chi connectivity index (χ0) is 13.9. The molecule has 0 aromatic carbocycles. The lowest BCUT2D eigenvalue weighted by molar-refractivity contribution is 0.695. The van der Waals surface area contributed by atoms with E-state index in [1.807, 2.05) is 50.4 Å². The van der Waals surface area contributed by atoms with Crippen molar-refractivity contribution in [1.29, 1.82) is 5.41 Å². The lowest BCUT2D eigenvalue weighted by atomic mass is 9.95. The third-order valence-corrected chi connectivity index (χ3v) is 2.13. The first kappa shape index (κ1) is 16.3. The molecule has 0 radical (unpaired) electrons. The van der Waals surface area contributed by atoms with Crippen LogP contribution in [0, 0.1) is 10.8 Å². The van der Waals surface area contributed by atoms with Crippen molar-refractivity contribution in [2.75, 3.05) is 0 Å². The minimum absolute atomic E-state index is 0.0339. The third-order valence-electron chi connectivity index (χ3n) is 2.13. The number of hydrogen-bond donors (Lipinski definition) is 1. The Morgan fingerprint density at radius 2 is 2.00 bits per heavy atom. The van der Waals surface area contributed by atoms with Gasteiger partial charge in [-0.05, 0) is 24.6 Å². The van der Waals surface area contributed by atoms with E-state index in [0.29, 0.717) is 0 Å². The summed E-state index contributed by atoms with van der Waals surface area (Å²) in [7, 11) is 0. The molecule has 0 amide bonds. The Balaban J connectivity index is 0.00000137. The zero-order valence-electron chi connectivity index (χ0n) is 11.9. The molecule has 0 unspecified atom stereocenters. The molecular formula is C16H24N2. The third kappa shape index (κ3) is 7.55. The van der Waals surface area contributed by atoms with E-state index >= 15 is 0 Å². The van der Waals surface area contributed by atoms with Gasteiger partial charge < -0.3 is 5.41 Å². The Bertz CT molecular complexity index is 380. The van der Waals surface area contributed by atoms with Gasteiger partial charge in [0.05, 0.1) is 5.70 Å². The fourth-order valence-electron chi connectivity index (χ4n) is 1.23. The summed E-state index contributed by atoms with van der Waals surface area (Å²) in [5, 5.41) is 6.83. The van der Waals surface area contributed by atoms with E-state index in [4.69, 9.17) is 5.41 Å². The van der Waals surface area contributed by atoms with Gasteiger partial charge in [-0.1, -0.05) is 52.0 Å². The number of aliphatic imine (C=N–C) groups is 1. The SMILES string of the molecule is CC.CC1(C)C=CC=C(/C=C/CC=CC=N)N=C1. The first-order valence-electron chi connectivity index (χ1n) is 6.41. The lowest BCUT2D eigenvalue weighted by Crippen LogP contribution is -2.07. The number of hydrogen-bond acceptors (Lipinski definition) is 2. The largest absolute Gasteiger partial charge is 0.309 e. The van der Waals surface area contributed by atoms with Crippen molar-refractivity contribution in [2.24, 2.45) is 10.4 Å². The minimum Gasteiger partial charge on any atom is -0.309 e. The van der Waals surface area contributed by atoms with E-state index in [9.17, 15) is 0 Å². The van der Waals surface area contributed by atoms with Crippen LogP contribution in [0.5, 0.6) is 0 Å². The summed E-state index contributed by atoms with van der Waals surface area (Å²) in [5.74, 6) is 0. The van der Waals surface area contributed by atoms with E-state index in [1.54, 1.807) is 6.08 Å². The molecule has 0 fully saturated rings. The van der Waals surface area contributed by atoms with Gasteiger partial charge in [-0.15, -0.1) is 0 Å². The molecule has 0 aromatic heterocycles. The van der Waals surface area contributed by atoms with Gasteiger partial charge >= 0.3 is 0 Å². The maximum Gasteiger partial charge on any atom is 0.0622 e. The topological polar surface area (TPSA) is 36.2 Å². The standard InChI is InChI=1S/C14H18N2.C2H6/c1-14(2)10-7-9-13(16-12-14)8-5-3-4-6-11-15;1-2/h4-12,15H,3H2,1-2H3;1-2H3/b6-4?,8-5+,15-11?;. The molecular weight excluding hydrogens is 220 g/mol. The molecule has 2 heteroatoms. The first-order valence-corrected chi connectivity index (χ1v) is 6.41. The van der Waals surface area contributed by atoms with Gasteiger partial charge in [-0.2, -0.15) is 0 Å². The molecule has 0 saturated carbocycles. The van der Waals surface area contributed by atoms with E-state index in [2.05, 4.69) is 24.9 Å². The lowest BCUT2D eigenvalue weighted by Gasteiger charge is -2.10. The summed E-state index contributed by atoms with van der Waals surface area (Å²) in [4.78, 5) is 4.41. The number of nitrogens with one attached hydrogen (secondary N) is 1. The molecule has 98 valence electrons. The summed E-state index contributed by atoms with van der Waals surface area (Å²) in [6.45, 7) is 8.25. The second kappa shape index (κ2) is 9.34. The number of rotatable bonds is 4. The molecule has 1 aliphatic rings. The Morgan fingerprint density at radius 3 is 2.67 bits per heavy atom. The molecule has 0 spiro atoms. The summed E-state index contributed by atoms with van der Waals surface area (Å²) in [5.41, 5.74) is 0.997. The molecule has 1 rings (SSSR count). The van der Waals surface area contributed by atoms with Gasteiger partial charge in [0.15, 0.2) is 0 Å². The highest BCUT2D eigenvalue weighted by Gasteiger charge is 2.10. The molecule has 0 aromatic rings. The van der Waals surface area contributed by atoms with Crippen LogP contribution < -0.4 is 0 Å². The van der Waals surface area contributed by atoms with Crippen molar-refractivity contribution in [3.63, 3.8) is 0 Å². The quantitative estimate of drug-likeness (QED) is 0.695. The predicted octanol–water partition coefficient (Wildman–Crippen LogP) is 4.72. The van der Waals surface area contributed by atoms with Crippen LogP contribution in [0.25, 0.3) is 0 Å². The maximum atomic E-state index is 6.83. The van der Waals surface area contributed by atoms with Crippen molar-refractivity contribution in [2.45, 2.75) is 34.1 Å². The van der Waals surface area contributed by atoms with Crippen molar-refractivity contribution < 1.29 is 0 Å². The summed E-state index contributed by atoms with van der Waals surface area (Å²) >= 11 is 0. The molecule has 1 N–H and O–H groups in total. The number of allylic oxidation sites excluding steroid dienone is 7. The molecule has 18 heavy (non-hydrogen) atoms. The van der Waals surface area contributed by atoms with Crippen molar-refractivity contribution >= 4 is 12.4 Å². The van der Waals surface area contributed by atoms with E-state index in [0.717, 1.165) is 12.1 Å². The molecule has 1 aliphatic heterocycles. The average Bonchev–Trinajstić information content (AvgIpc) is 2.53. The second-order valence-corrected chi connectivity index (χ2v) is 4.26. The van der Waals surface area contributed by atoms with Crippen LogP contribution in [0.3, 0.4) is 0 Å². The van der Waals surface area contributed by atoms with Crippen LogP contribution >= 0.6 is 0 Å². The van der Waals surface area contributed by atoms with Gasteiger partial charge in [0.1, 0.15) is 0 Å². The molecule has 0 aliphatic carbocycles. The second-order valence-electron chi connectivity index (χ2n) is 4.26. The van der Waals surface area contributed by atoms with Gasteiger partial charge in [0, 0.05) is 17.8 Å². The Morgan fingerprint density at radius 1 is 1.28 bits per heavy atom. The minimum atomic E-state index is 0.0339. The summed E-state index contributed by atoms with van der Waals surface area (Å²) in [6, 6.07) is 0. The van der Waals surface area contributed by atoms with E-state index < -0.39 is 0 Å². The van der Waals surface area contributed by atoms with Crippen molar-refractivity contribution in [3.05, 3.63) is 48.2 Å². The smallest absolute Gasteiger partial charge is 0.0622 e. The molecule has 0 bridgehead atoms. The average molecular weight is 244 g/mol.